The Morgan fingerprint density at radius 2 is 1.58 bits per heavy atom. The fourth-order valence-corrected chi connectivity index (χ4v) is 4.27. The van der Waals surface area contributed by atoms with Crippen molar-refractivity contribution in [3.63, 3.8) is 0 Å². The van der Waals surface area contributed by atoms with Gasteiger partial charge in [-0.3, -0.25) is 0 Å². The van der Waals surface area contributed by atoms with E-state index in [-0.39, 0.29) is 0 Å². The van der Waals surface area contributed by atoms with Gasteiger partial charge in [-0.05, 0) is 93.2 Å². The van der Waals surface area contributed by atoms with Crippen LogP contribution in [0.1, 0.15) is 36.1 Å². The molecule has 4 rings (SSSR count). The second-order valence-electron chi connectivity index (χ2n) is 8.84. The lowest BCUT2D eigenvalue weighted by Crippen LogP contribution is -2.41. The maximum Gasteiger partial charge on any atom is 0.113 e. The van der Waals surface area contributed by atoms with E-state index in [1.165, 1.54) is 37.1 Å². The molecule has 1 saturated heterocycles. The molecule has 1 aromatic heterocycles. The van der Waals surface area contributed by atoms with Gasteiger partial charge in [0.25, 0.3) is 0 Å². The summed E-state index contributed by atoms with van der Waals surface area (Å²) in [4.78, 5) is 6.90. The monoisotopic (exact) mass is 457 g/mol. The molecule has 0 radical (unpaired) electrons. The number of aromatic nitrogens is 1. The van der Waals surface area contributed by atoms with E-state index in [4.69, 9.17) is 11.6 Å². The Morgan fingerprint density at radius 3 is 2.24 bits per heavy atom. The van der Waals surface area contributed by atoms with Gasteiger partial charge in [0.1, 0.15) is 5.69 Å². The molecular formula is C29H32ClN3. The number of likely N-dealkylation sites (tertiary alicyclic amines) is 1. The SMILES string of the molecule is CN1CCC(NCCc2ccc(CCC#Cc3ccc(-c4ccc(Cl)cc4)cn3)cc2)CC1. The Kier molecular flexibility index (Phi) is 8.55. The largest absolute Gasteiger partial charge is 0.314 e. The zero-order valence-electron chi connectivity index (χ0n) is 19.4. The van der Waals surface area contributed by atoms with Crippen molar-refractivity contribution in [1.29, 1.82) is 0 Å². The van der Waals surface area contributed by atoms with Crippen LogP contribution in [0.2, 0.25) is 5.02 Å². The summed E-state index contributed by atoms with van der Waals surface area (Å²) in [6.45, 7) is 3.48. The molecule has 0 atom stereocenters. The summed E-state index contributed by atoms with van der Waals surface area (Å²) >= 11 is 5.96. The van der Waals surface area contributed by atoms with Gasteiger partial charge in [-0.1, -0.05) is 60.0 Å². The highest BCUT2D eigenvalue weighted by Gasteiger charge is 2.15. The van der Waals surface area contributed by atoms with E-state index >= 15 is 0 Å². The number of nitrogens with zero attached hydrogens (tertiary/aromatic N) is 2. The van der Waals surface area contributed by atoms with Crippen molar-refractivity contribution >= 4 is 11.6 Å². The molecule has 0 spiro atoms. The normalized spacial score (nSPS) is 14.6. The molecule has 1 aliphatic heterocycles. The summed E-state index contributed by atoms with van der Waals surface area (Å²) in [7, 11) is 2.21. The highest BCUT2D eigenvalue weighted by atomic mass is 35.5. The molecule has 2 heterocycles. The maximum atomic E-state index is 5.96. The second kappa shape index (κ2) is 12.0. The number of halogens is 1. The van der Waals surface area contributed by atoms with Crippen LogP contribution in [0.15, 0.2) is 66.9 Å². The van der Waals surface area contributed by atoms with Gasteiger partial charge >= 0.3 is 0 Å². The Labute approximate surface area is 203 Å². The molecule has 170 valence electrons. The standard InChI is InChI=1S/C29H32ClN3/c1-33-20-17-29(18-21-33)31-19-16-24-8-6-23(7-9-24)4-2-3-5-28-15-12-26(22-32-28)25-10-13-27(30)14-11-25/h6-15,22,29,31H,2,4,16-21H2,1H3. The second-order valence-corrected chi connectivity index (χ2v) is 9.28. The summed E-state index contributed by atoms with van der Waals surface area (Å²) in [5, 5.41) is 4.46. The van der Waals surface area contributed by atoms with Crippen LogP contribution in [0.5, 0.6) is 0 Å². The van der Waals surface area contributed by atoms with E-state index < -0.39 is 0 Å². The first-order chi connectivity index (χ1) is 16.2. The van der Waals surface area contributed by atoms with Crippen molar-refractivity contribution in [3.8, 4) is 23.0 Å². The van der Waals surface area contributed by atoms with Crippen LogP contribution in [-0.2, 0) is 12.8 Å². The van der Waals surface area contributed by atoms with Gasteiger partial charge in [0.05, 0.1) is 0 Å². The molecule has 1 aliphatic rings. The van der Waals surface area contributed by atoms with Crippen LogP contribution in [0.4, 0.5) is 0 Å². The smallest absolute Gasteiger partial charge is 0.113 e. The third kappa shape index (κ3) is 7.44. The predicted molar refractivity (Wildman–Crippen MR) is 139 cm³/mol. The molecule has 33 heavy (non-hydrogen) atoms. The molecular weight excluding hydrogens is 426 g/mol. The van der Waals surface area contributed by atoms with Crippen molar-refractivity contribution < 1.29 is 0 Å². The van der Waals surface area contributed by atoms with Gasteiger partial charge in [0, 0.05) is 29.2 Å². The Hall–Kier alpha value is -2.64. The van der Waals surface area contributed by atoms with Crippen molar-refractivity contribution in [3.05, 3.63) is 88.7 Å². The zero-order valence-corrected chi connectivity index (χ0v) is 20.1. The van der Waals surface area contributed by atoms with E-state index in [1.54, 1.807) is 0 Å². The lowest BCUT2D eigenvalue weighted by atomic mass is 10.0. The average molecular weight is 458 g/mol. The quantitative estimate of drug-likeness (QED) is 0.467. The van der Waals surface area contributed by atoms with E-state index in [0.29, 0.717) is 6.04 Å². The van der Waals surface area contributed by atoms with Gasteiger partial charge in [-0.25, -0.2) is 4.98 Å². The number of benzene rings is 2. The minimum atomic E-state index is 0.683. The molecule has 1 N–H and O–H groups in total. The summed E-state index contributed by atoms with van der Waals surface area (Å²) in [6, 6.07) is 21.5. The van der Waals surface area contributed by atoms with Gasteiger partial charge in [0.2, 0.25) is 0 Å². The first kappa shape index (κ1) is 23.5. The summed E-state index contributed by atoms with van der Waals surface area (Å²) in [6.07, 6.45) is 7.27. The summed E-state index contributed by atoms with van der Waals surface area (Å²) < 4.78 is 0. The van der Waals surface area contributed by atoms with Gasteiger partial charge in [0.15, 0.2) is 0 Å². The number of piperidine rings is 1. The number of hydrogen-bond donors (Lipinski definition) is 1. The molecule has 0 unspecified atom stereocenters. The average Bonchev–Trinajstić information content (AvgIpc) is 2.85. The molecule has 0 saturated carbocycles. The first-order valence-corrected chi connectivity index (χ1v) is 12.2. The fourth-order valence-electron chi connectivity index (χ4n) is 4.15. The molecule has 1 fully saturated rings. The summed E-state index contributed by atoms with van der Waals surface area (Å²) in [5.41, 5.74) is 5.71. The van der Waals surface area contributed by atoms with Crippen LogP contribution in [0, 0.1) is 11.8 Å². The van der Waals surface area contributed by atoms with Crippen LogP contribution in [0.25, 0.3) is 11.1 Å². The molecule has 0 amide bonds. The molecule has 4 heteroatoms. The zero-order chi connectivity index (χ0) is 22.9. The Bertz CT molecular complexity index is 1060. The Balaban J connectivity index is 1.19. The van der Waals surface area contributed by atoms with Crippen molar-refractivity contribution in [2.45, 2.75) is 38.1 Å². The predicted octanol–water partition coefficient (Wildman–Crippen LogP) is 5.61. The highest BCUT2D eigenvalue weighted by molar-refractivity contribution is 6.30. The van der Waals surface area contributed by atoms with Crippen molar-refractivity contribution in [2.75, 3.05) is 26.7 Å². The van der Waals surface area contributed by atoms with Crippen molar-refractivity contribution in [2.24, 2.45) is 0 Å². The topological polar surface area (TPSA) is 28.2 Å². The number of nitrogens with one attached hydrogen (secondary N) is 1. The van der Waals surface area contributed by atoms with Crippen LogP contribution < -0.4 is 5.32 Å². The lowest BCUT2D eigenvalue weighted by molar-refractivity contribution is 0.235. The molecule has 2 aromatic carbocycles. The van der Waals surface area contributed by atoms with Gasteiger partial charge in [-0.15, -0.1) is 0 Å². The van der Waals surface area contributed by atoms with E-state index in [1.807, 2.05) is 36.5 Å². The van der Waals surface area contributed by atoms with Crippen molar-refractivity contribution in [1.82, 2.24) is 15.2 Å². The first-order valence-electron chi connectivity index (χ1n) is 11.9. The van der Waals surface area contributed by atoms with E-state index in [2.05, 4.69) is 64.4 Å². The van der Waals surface area contributed by atoms with Crippen LogP contribution >= 0.6 is 11.6 Å². The number of hydrogen-bond acceptors (Lipinski definition) is 3. The third-order valence-electron chi connectivity index (χ3n) is 6.28. The highest BCUT2D eigenvalue weighted by Crippen LogP contribution is 2.20. The Morgan fingerprint density at radius 1 is 0.909 bits per heavy atom. The van der Waals surface area contributed by atoms with Gasteiger partial charge in [-0.2, -0.15) is 0 Å². The van der Waals surface area contributed by atoms with Crippen LogP contribution in [-0.4, -0.2) is 42.6 Å². The number of pyridine rings is 1. The number of aryl methyl sites for hydroxylation is 1. The van der Waals surface area contributed by atoms with Crippen LogP contribution in [0.3, 0.4) is 0 Å². The number of rotatable bonds is 7. The molecule has 0 aliphatic carbocycles. The molecule has 3 aromatic rings. The maximum absolute atomic E-state index is 5.96. The molecule has 0 bridgehead atoms. The lowest BCUT2D eigenvalue weighted by Gasteiger charge is -2.29. The van der Waals surface area contributed by atoms with E-state index in [0.717, 1.165) is 47.7 Å². The minimum Gasteiger partial charge on any atom is -0.314 e. The molecule has 3 nitrogen and oxygen atoms in total. The minimum absolute atomic E-state index is 0.683. The van der Waals surface area contributed by atoms with E-state index in [9.17, 15) is 0 Å². The van der Waals surface area contributed by atoms with Gasteiger partial charge < -0.3 is 10.2 Å². The third-order valence-corrected chi connectivity index (χ3v) is 6.54. The fraction of sp³-hybridized carbons (Fsp3) is 0.345. The summed E-state index contributed by atoms with van der Waals surface area (Å²) in [5.74, 6) is 6.44.